The minimum atomic E-state index is 0.561. The van der Waals surface area contributed by atoms with E-state index in [1.54, 1.807) is 0 Å². The van der Waals surface area contributed by atoms with E-state index in [0.29, 0.717) is 17.5 Å². The summed E-state index contributed by atoms with van der Waals surface area (Å²) in [4.78, 5) is 15.3. The molecule has 9 aromatic carbocycles. The topological polar surface area (TPSA) is 61.2 Å². The largest absolute Gasteiger partial charge is 0.455 e. The number of hydrogen-bond acceptors (Lipinski definition) is 4. The van der Waals surface area contributed by atoms with Crippen molar-refractivity contribution in [1.82, 2.24) is 23.9 Å². The van der Waals surface area contributed by atoms with Gasteiger partial charge in [-0.05, 0) is 59.7 Å². The smallest absolute Gasteiger partial charge is 0.167 e. The number of fused-ring (bicyclic) bond motifs is 12. The molecule has 6 nitrogen and oxygen atoms in total. The average molecular weight is 804 g/mol. The fraction of sp³-hybridized carbons (Fsp3) is 0. The molecule has 6 heteroatoms. The molecule has 0 fully saturated rings. The first-order valence-electron chi connectivity index (χ1n) is 21.3. The van der Waals surface area contributed by atoms with Gasteiger partial charge < -0.3 is 13.4 Å². The van der Waals surface area contributed by atoms with Crippen LogP contribution in [0, 0.1) is 0 Å². The summed E-state index contributed by atoms with van der Waals surface area (Å²) in [7, 11) is 0. The van der Waals surface area contributed by atoms with E-state index in [9.17, 15) is 0 Å². The molecule has 0 amide bonds. The SMILES string of the molecule is c1ccc(-c2nc(-c3cccc(-c4ccc5c6ccccc6n(-c6ccc7c8cccc9c%10ccccc%10n(c7c6)c98)c5c4)c3)nc(-c3cccc4c3oc3ccccc34)n2)cc1. The van der Waals surface area contributed by atoms with Crippen LogP contribution in [0.2, 0.25) is 0 Å². The first-order valence-corrected chi connectivity index (χ1v) is 21.3. The van der Waals surface area contributed by atoms with Gasteiger partial charge in [0.05, 0.1) is 33.1 Å². The molecule has 5 heterocycles. The molecule has 0 aliphatic heterocycles. The lowest BCUT2D eigenvalue weighted by atomic mass is 10.0. The Bertz CT molecular complexity index is 4160. The van der Waals surface area contributed by atoms with Crippen LogP contribution in [-0.2, 0) is 0 Å². The number of furan rings is 1. The van der Waals surface area contributed by atoms with E-state index in [1.165, 1.54) is 54.4 Å². The van der Waals surface area contributed by atoms with Crippen LogP contribution in [0.25, 0.3) is 133 Å². The van der Waals surface area contributed by atoms with Gasteiger partial charge in [0.15, 0.2) is 17.5 Å². The maximum absolute atomic E-state index is 6.46. The molecule has 0 radical (unpaired) electrons. The molecule has 0 saturated carbocycles. The second kappa shape index (κ2) is 12.9. The lowest BCUT2D eigenvalue weighted by molar-refractivity contribution is 0.669. The normalized spacial score (nSPS) is 12.1. The van der Waals surface area contributed by atoms with Crippen molar-refractivity contribution in [3.8, 4) is 51.0 Å². The van der Waals surface area contributed by atoms with Gasteiger partial charge in [0.2, 0.25) is 0 Å². The highest BCUT2D eigenvalue weighted by atomic mass is 16.3. The van der Waals surface area contributed by atoms with Crippen LogP contribution in [0.5, 0.6) is 0 Å². The van der Waals surface area contributed by atoms with Crippen LogP contribution in [0.1, 0.15) is 0 Å². The van der Waals surface area contributed by atoms with E-state index in [4.69, 9.17) is 19.4 Å². The Balaban J connectivity index is 0.940. The zero-order chi connectivity index (χ0) is 41.2. The van der Waals surface area contributed by atoms with Crippen LogP contribution < -0.4 is 0 Å². The van der Waals surface area contributed by atoms with Crippen molar-refractivity contribution in [2.75, 3.05) is 0 Å². The van der Waals surface area contributed by atoms with Gasteiger partial charge in [0.25, 0.3) is 0 Å². The molecule has 14 rings (SSSR count). The van der Waals surface area contributed by atoms with Crippen LogP contribution >= 0.6 is 0 Å². The Kier molecular flexibility index (Phi) is 7.02. The Morgan fingerprint density at radius 1 is 0.333 bits per heavy atom. The molecule has 292 valence electrons. The summed E-state index contributed by atoms with van der Waals surface area (Å²) in [5, 5.41) is 9.63. The lowest BCUT2D eigenvalue weighted by Gasteiger charge is -2.11. The first kappa shape index (κ1) is 34.1. The second-order valence-electron chi connectivity index (χ2n) is 16.4. The number of nitrogens with zero attached hydrogens (tertiary/aromatic N) is 5. The summed E-state index contributed by atoms with van der Waals surface area (Å²) >= 11 is 0. The molecule has 0 aliphatic rings. The van der Waals surface area contributed by atoms with E-state index in [0.717, 1.165) is 61.0 Å². The minimum Gasteiger partial charge on any atom is -0.455 e. The number of hydrogen-bond donors (Lipinski definition) is 0. The van der Waals surface area contributed by atoms with Crippen molar-refractivity contribution in [2.45, 2.75) is 0 Å². The van der Waals surface area contributed by atoms with Gasteiger partial charge in [0.1, 0.15) is 11.2 Å². The fourth-order valence-electron chi connectivity index (χ4n) is 10.1. The highest BCUT2D eigenvalue weighted by molar-refractivity contribution is 6.23. The summed E-state index contributed by atoms with van der Waals surface area (Å²) < 4.78 is 11.3. The van der Waals surface area contributed by atoms with E-state index in [-0.39, 0.29) is 0 Å². The Hall–Kier alpha value is -8.61. The van der Waals surface area contributed by atoms with Gasteiger partial charge in [-0.25, -0.2) is 15.0 Å². The van der Waals surface area contributed by atoms with E-state index < -0.39 is 0 Å². The third kappa shape index (κ3) is 4.97. The van der Waals surface area contributed by atoms with Crippen molar-refractivity contribution >= 4 is 81.8 Å². The Morgan fingerprint density at radius 3 is 1.76 bits per heavy atom. The maximum Gasteiger partial charge on any atom is 0.167 e. The summed E-state index contributed by atoms with van der Waals surface area (Å²) in [6.45, 7) is 0. The summed E-state index contributed by atoms with van der Waals surface area (Å²) in [5.74, 6) is 1.76. The minimum absolute atomic E-state index is 0.561. The predicted molar refractivity (Wildman–Crippen MR) is 258 cm³/mol. The number of benzene rings is 9. The number of rotatable bonds is 5. The molecule has 63 heavy (non-hydrogen) atoms. The molecule has 0 unspecified atom stereocenters. The highest BCUT2D eigenvalue weighted by Crippen LogP contribution is 2.42. The van der Waals surface area contributed by atoms with Gasteiger partial charge in [-0.2, -0.15) is 0 Å². The monoisotopic (exact) mass is 803 g/mol. The zero-order valence-electron chi connectivity index (χ0n) is 33.7. The molecule has 0 saturated heterocycles. The van der Waals surface area contributed by atoms with Crippen LogP contribution in [0.15, 0.2) is 205 Å². The quantitative estimate of drug-likeness (QED) is 0.174. The molecule has 0 aliphatic carbocycles. The number of para-hydroxylation sites is 5. The molecule has 14 aromatic rings. The molecule has 0 spiro atoms. The van der Waals surface area contributed by atoms with Crippen molar-refractivity contribution in [3.63, 3.8) is 0 Å². The zero-order valence-corrected chi connectivity index (χ0v) is 33.7. The summed E-state index contributed by atoms with van der Waals surface area (Å²) in [6.07, 6.45) is 0. The van der Waals surface area contributed by atoms with Crippen molar-refractivity contribution < 1.29 is 4.42 Å². The second-order valence-corrected chi connectivity index (χ2v) is 16.4. The van der Waals surface area contributed by atoms with Crippen LogP contribution in [0.4, 0.5) is 0 Å². The maximum atomic E-state index is 6.46. The first-order chi connectivity index (χ1) is 31.2. The van der Waals surface area contributed by atoms with Crippen LogP contribution in [-0.4, -0.2) is 23.9 Å². The number of aromatic nitrogens is 5. The van der Waals surface area contributed by atoms with Crippen molar-refractivity contribution in [2.24, 2.45) is 0 Å². The van der Waals surface area contributed by atoms with E-state index in [1.807, 2.05) is 60.7 Å². The van der Waals surface area contributed by atoms with Gasteiger partial charge in [-0.1, -0.05) is 152 Å². The molecular weight excluding hydrogens is 771 g/mol. The van der Waals surface area contributed by atoms with E-state index in [2.05, 4.69) is 148 Å². The van der Waals surface area contributed by atoms with Crippen molar-refractivity contribution in [1.29, 1.82) is 0 Å². The molecule has 0 atom stereocenters. The van der Waals surface area contributed by atoms with Gasteiger partial charge >= 0.3 is 0 Å². The lowest BCUT2D eigenvalue weighted by Crippen LogP contribution is -2.00. The summed E-state index contributed by atoms with van der Waals surface area (Å²) in [6, 6.07) is 70.9. The highest BCUT2D eigenvalue weighted by Gasteiger charge is 2.21. The van der Waals surface area contributed by atoms with Gasteiger partial charge in [-0.15, -0.1) is 0 Å². The molecule has 5 aromatic heterocycles. The predicted octanol–water partition coefficient (Wildman–Crippen LogP) is 14.7. The fourth-order valence-corrected chi connectivity index (χ4v) is 10.1. The molecule has 0 bridgehead atoms. The van der Waals surface area contributed by atoms with Crippen molar-refractivity contribution in [3.05, 3.63) is 200 Å². The average Bonchev–Trinajstić information content (AvgIpc) is 4.10. The molecular formula is C57H33N5O. The van der Waals surface area contributed by atoms with Gasteiger partial charge in [0, 0.05) is 59.9 Å². The summed E-state index contributed by atoms with van der Waals surface area (Å²) in [5.41, 5.74) is 13.5. The van der Waals surface area contributed by atoms with Crippen LogP contribution in [0.3, 0.4) is 0 Å². The third-order valence-corrected chi connectivity index (χ3v) is 12.9. The van der Waals surface area contributed by atoms with Gasteiger partial charge in [-0.3, -0.25) is 0 Å². The standard InChI is InChI=1S/C57H33N5O/c1-2-13-34(14-3-1)55-58-56(60-57(59-55)47-23-12-22-46-43-19-6-9-26-52(43)63-54(46)47)37-16-10-15-35(31-37)36-27-29-41-39-17-4-7-24-48(39)61(50(41)32-36)38-28-30-42-45-21-11-20-44-40-18-5-8-25-49(40)62(53(44)45)51(42)33-38/h1-33H. The Labute approximate surface area is 359 Å². The van der Waals surface area contributed by atoms with E-state index >= 15 is 0 Å². The third-order valence-electron chi connectivity index (χ3n) is 12.9. The Morgan fingerprint density at radius 2 is 0.905 bits per heavy atom. The molecule has 0 N–H and O–H groups in total.